The van der Waals surface area contributed by atoms with Crippen LogP contribution in [0, 0.1) is 5.82 Å². The number of halogens is 2. The van der Waals surface area contributed by atoms with E-state index in [-0.39, 0.29) is 35.3 Å². The topological polar surface area (TPSA) is 75.7 Å². The van der Waals surface area contributed by atoms with Gasteiger partial charge in [-0.3, -0.25) is 0 Å². The molecular weight excluding hydrogens is 419 g/mol. The molecule has 0 aliphatic carbocycles. The maximum Gasteiger partial charge on any atom is 0.339 e. The molecule has 0 spiro atoms. The van der Waals surface area contributed by atoms with Gasteiger partial charge in [0.05, 0.1) is 6.54 Å². The Hall–Kier alpha value is -2.32. The van der Waals surface area contributed by atoms with Crippen molar-refractivity contribution < 1.29 is 21.8 Å². The summed E-state index contributed by atoms with van der Waals surface area (Å²) < 4.78 is 43.5. The summed E-state index contributed by atoms with van der Waals surface area (Å²) in [5, 5.41) is 3.19. The maximum absolute atomic E-state index is 13.1. The fraction of sp³-hybridized carbons (Fsp3) is 0.350. The fourth-order valence-electron chi connectivity index (χ4n) is 2.52. The first-order valence-electron chi connectivity index (χ1n) is 9.05. The van der Waals surface area contributed by atoms with E-state index in [1.807, 2.05) is 27.7 Å². The van der Waals surface area contributed by atoms with Crippen LogP contribution in [-0.4, -0.2) is 31.4 Å². The van der Waals surface area contributed by atoms with Crippen LogP contribution in [0.5, 0.6) is 5.75 Å². The van der Waals surface area contributed by atoms with E-state index in [2.05, 4.69) is 5.32 Å². The molecule has 0 saturated carbocycles. The number of rotatable bonds is 7. The minimum absolute atomic E-state index is 0.0433. The minimum Gasteiger partial charge on any atom is -0.379 e. The van der Waals surface area contributed by atoms with Crippen molar-refractivity contribution in [2.24, 2.45) is 0 Å². The molecule has 0 aliphatic rings. The van der Waals surface area contributed by atoms with Gasteiger partial charge >= 0.3 is 16.1 Å². The first-order chi connectivity index (χ1) is 13.5. The number of carbonyl (C=O) groups excluding carboxylic acids is 1. The van der Waals surface area contributed by atoms with Crippen LogP contribution in [0.25, 0.3) is 0 Å². The average molecular weight is 443 g/mol. The highest BCUT2D eigenvalue weighted by molar-refractivity contribution is 7.87. The van der Waals surface area contributed by atoms with Gasteiger partial charge in [0.1, 0.15) is 16.5 Å². The smallest absolute Gasteiger partial charge is 0.339 e. The Morgan fingerprint density at radius 3 is 2.31 bits per heavy atom. The van der Waals surface area contributed by atoms with Crippen LogP contribution in [0.2, 0.25) is 5.02 Å². The lowest BCUT2D eigenvalue weighted by Crippen LogP contribution is -2.45. The van der Waals surface area contributed by atoms with Crippen molar-refractivity contribution in [2.45, 2.75) is 51.2 Å². The van der Waals surface area contributed by atoms with Crippen LogP contribution in [0.15, 0.2) is 47.4 Å². The van der Waals surface area contributed by atoms with Crippen LogP contribution in [0.3, 0.4) is 0 Å². The Morgan fingerprint density at radius 1 is 1.14 bits per heavy atom. The number of amides is 2. The fourth-order valence-corrected chi connectivity index (χ4v) is 3.68. The highest BCUT2D eigenvalue weighted by atomic mass is 35.5. The molecule has 0 saturated heterocycles. The van der Waals surface area contributed by atoms with E-state index in [4.69, 9.17) is 15.8 Å². The van der Waals surface area contributed by atoms with Gasteiger partial charge in [0.25, 0.3) is 0 Å². The number of hydrogen-bond donors (Lipinski definition) is 1. The SMILES string of the molecule is CC(C)NC(=O)N(Cc1cc(Cl)ccc1OS(=O)(=O)c1ccc(F)cc1)C(C)C. The summed E-state index contributed by atoms with van der Waals surface area (Å²) in [6, 6.07) is 8.29. The molecule has 1 N–H and O–H groups in total. The summed E-state index contributed by atoms with van der Waals surface area (Å²) in [7, 11) is -4.19. The third-order valence-electron chi connectivity index (χ3n) is 3.96. The molecule has 2 rings (SSSR count). The molecule has 0 unspecified atom stereocenters. The predicted octanol–water partition coefficient (Wildman–Crippen LogP) is 4.58. The van der Waals surface area contributed by atoms with Crippen molar-refractivity contribution >= 4 is 27.8 Å². The summed E-state index contributed by atoms with van der Waals surface area (Å²) in [6.45, 7) is 7.48. The molecule has 0 aliphatic heterocycles. The van der Waals surface area contributed by atoms with Crippen molar-refractivity contribution in [2.75, 3.05) is 0 Å². The summed E-state index contributed by atoms with van der Waals surface area (Å²) in [6.07, 6.45) is 0. The minimum atomic E-state index is -4.19. The van der Waals surface area contributed by atoms with Crippen LogP contribution >= 0.6 is 11.6 Å². The van der Waals surface area contributed by atoms with E-state index in [9.17, 15) is 17.6 Å². The van der Waals surface area contributed by atoms with Gasteiger partial charge in [-0.15, -0.1) is 0 Å². The quantitative estimate of drug-likeness (QED) is 0.637. The van der Waals surface area contributed by atoms with Gasteiger partial charge in [-0.1, -0.05) is 11.6 Å². The number of nitrogens with zero attached hydrogens (tertiary/aromatic N) is 1. The summed E-state index contributed by atoms with van der Waals surface area (Å²) >= 11 is 6.08. The van der Waals surface area contributed by atoms with Gasteiger partial charge in [0.2, 0.25) is 0 Å². The van der Waals surface area contributed by atoms with Crippen LogP contribution in [-0.2, 0) is 16.7 Å². The van der Waals surface area contributed by atoms with E-state index in [0.29, 0.717) is 10.6 Å². The van der Waals surface area contributed by atoms with Gasteiger partial charge < -0.3 is 14.4 Å². The molecule has 0 aromatic heterocycles. The Bertz CT molecular complexity index is 963. The zero-order valence-electron chi connectivity index (χ0n) is 16.6. The average Bonchev–Trinajstić information content (AvgIpc) is 2.61. The van der Waals surface area contributed by atoms with Crippen LogP contribution < -0.4 is 9.50 Å². The number of carbonyl (C=O) groups is 1. The van der Waals surface area contributed by atoms with Gasteiger partial charge in [-0.05, 0) is 70.2 Å². The predicted molar refractivity (Wildman–Crippen MR) is 110 cm³/mol. The first-order valence-corrected chi connectivity index (χ1v) is 10.8. The number of benzene rings is 2. The zero-order chi connectivity index (χ0) is 21.8. The van der Waals surface area contributed by atoms with E-state index in [1.165, 1.54) is 12.1 Å². The van der Waals surface area contributed by atoms with Gasteiger partial charge in [0, 0.05) is 22.7 Å². The molecule has 0 atom stereocenters. The lowest BCUT2D eigenvalue weighted by atomic mass is 10.1. The molecule has 158 valence electrons. The summed E-state index contributed by atoms with van der Waals surface area (Å²) in [5.41, 5.74) is 0.427. The number of hydrogen-bond acceptors (Lipinski definition) is 4. The molecular formula is C20H24ClFN2O4S. The second kappa shape index (κ2) is 9.45. The van der Waals surface area contributed by atoms with E-state index in [1.54, 1.807) is 11.0 Å². The Morgan fingerprint density at radius 2 is 1.76 bits per heavy atom. The molecule has 6 nitrogen and oxygen atoms in total. The Balaban J connectivity index is 2.35. The largest absolute Gasteiger partial charge is 0.379 e. The molecule has 2 aromatic rings. The highest BCUT2D eigenvalue weighted by Crippen LogP contribution is 2.28. The lowest BCUT2D eigenvalue weighted by Gasteiger charge is -2.28. The zero-order valence-corrected chi connectivity index (χ0v) is 18.2. The van der Waals surface area contributed by atoms with Crippen molar-refractivity contribution in [1.82, 2.24) is 10.2 Å². The van der Waals surface area contributed by atoms with Gasteiger partial charge in [0.15, 0.2) is 0 Å². The molecule has 0 heterocycles. The monoisotopic (exact) mass is 442 g/mol. The molecule has 0 bridgehead atoms. The van der Waals surface area contributed by atoms with E-state index < -0.39 is 15.9 Å². The summed E-state index contributed by atoms with van der Waals surface area (Å²) in [4.78, 5) is 13.9. The lowest BCUT2D eigenvalue weighted by molar-refractivity contribution is 0.177. The van der Waals surface area contributed by atoms with Gasteiger partial charge in [-0.2, -0.15) is 8.42 Å². The van der Waals surface area contributed by atoms with Gasteiger partial charge in [-0.25, -0.2) is 9.18 Å². The van der Waals surface area contributed by atoms with Crippen molar-refractivity contribution in [1.29, 1.82) is 0 Å². The summed E-state index contributed by atoms with van der Waals surface area (Å²) in [5.74, 6) is -0.512. The Labute approximate surface area is 175 Å². The normalized spacial score (nSPS) is 11.6. The molecule has 29 heavy (non-hydrogen) atoms. The molecule has 9 heteroatoms. The third-order valence-corrected chi connectivity index (χ3v) is 5.44. The van der Waals surface area contributed by atoms with Crippen molar-refractivity contribution in [3.8, 4) is 5.75 Å². The molecule has 2 amide bonds. The van der Waals surface area contributed by atoms with Crippen LogP contribution in [0.1, 0.15) is 33.3 Å². The number of nitrogens with one attached hydrogen (secondary N) is 1. The maximum atomic E-state index is 13.1. The van der Waals surface area contributed by atoms with Crippen LogP contribution in [0.4, 0.5) is 9.18 Å². The second-order valence-corrected chi connectivity index (χ2v) is 9.05. The standard InChI is InChI=1S/C20H24ClFN2O4S/c1-13(2)23-20(25)24(14(3)4)12-15-11-16(21)5-10-19(15)28-29(26,27)18-8-6-17(22)7-9-18/h5-11,13-14H,12H2,1-4H3,(H,23,25). The van der Waals surface area contributed by atoms with E-state index in [0.717, 1.165) is 24.3 Å². The van der Waals surface area contributed by atoms with Crippen molar-refractivity contribution in [3.05, 3.63) is 58.9 Å². The third kappa shape index (κ3) is 6.33. The second-order valence-electron chi connectivity index (χ2n) is 7.07. The van der Waals surface area contributed by atoms with Crippen molar-refractivity contribution in [3.63, 3.8) is 0 Å². The molecule has 0 fully saturated rings. The number of urea groups is 1. The first kappa shape index (κ1) is 23.0. The highest BCUT2D eigenvalue weighted by Gasteiger charge is 2.23. The molecule has 0 radical (unpaired) electrons. The Kier molecular flexibility index (Phi) is 7.48. The molecule has 2 aromatic carbocycles. The van der Waals surface area contributed by atoms with E-state index >= 15 is 0 Å².